The predicted molar refractivity (Wildman–Crippen MR) is 126 cm³/mol. The average molecular weight is 450 g/mol. The molecule has 7 nitrogen and oxygen atoms in total. The highest BCUT2D eigenvalue weighted by Gasteiger charge is 2.20. The van der Waals surface area contributed by atoms with Crippen LogP contribution in [0.25, 0.3) is 10.9 Å². The summed E-state index contributed by atoms with van der Waals surface area (Å²) in [6, 6.07) is 19.0. The first kappa shape index (κ1) is 20.8. The predicted octanol–water partition coefficient (Wildman–Crippen LogP) is 4.65. The van der Waals surface area contributed by atoms with Gasteiger partial charge in [-0.25, -0.2) is 9.97 Å². The number of aromatic nitrogens is 2. The van der Waals surface area contributed by atoms with Crippen LogP contribution in [0.5, 0.6) is 0 Å². The summed E-state index contributed by atoms with van der Waals surface area (Å²) < 4.78 is 0. The fourth-order valence-corrected chi connectivity index (χ4v) is 4.46. The first-order chi connectivity index (χ1) is 15.0. The van der Waals surface area contributed by atoms with Crippen molar-refractivity contribution in [3.8, 4) is 0 Å². The third kappa shape index (κ3) is 4.84. The second kappa shape index (κ2) is 9.15. The van der Waals surface area contributed by atoms with Gasteiger partial charge in [-0.05, 0) is 42.6 Å². The summed E-state index contributed by atoms with van der Waals surface area (Å²) in [4.78, 5) is 33.4. The van der Waals surface area contributed by atoms with E-state index >= 15 is 0 Å². The van der Waals surface area contributed by atoms with Gasteiger partial charge in [-0.1, -0.05) is 42.1 Å². The third-order valence-corrected chi connectivity index (χ3v) is 6.23. The normalized spacial score (nSPS) is 11.8. The molecule has 4 aromatic rings. The molecule has 9 heteroatoms. The molecule has 0 saturated heterocycles. The first-order valence-electron chi connectivity index (χ1n) is 9.45. The standard InChI is InChI=1S/C22H19N5O2S2/c1-13(20(29)27-21-16(18(23)28)11-12-30-21)31-22-25-17-10-6-5-9-15(17)19(26-22)24-14-7-3-2-4-8-14/h2-13H,1H3,(H2,23,28)(H,27,29)(H,24,25,26)/t13-/m1/s1. The van der Waals surface area contributed by atoms with Gasteiger partial charge in [-0.15, -0.1) is 11.3 Å². The van der Waals surface area contributed by atoms with Gasteiger partial charge in [0.25, 0.3) is 5.91 Å². The van der Waals surface area contributed by atoms with Crippen LogP contribution in [0.3, 0.4) is 0 Å². The zero-order valence-electron chi connectivity index (χ0n) is 16.5. The van der Waals surface area contributed by atoms with E-state index in [0.29, 0.717) is 21.5 Å². The van der Waals surface area contributed by atoms with Crippen LogP contribution in [0, 0.1) is 0 Å². The largest absolute Gasteiger partial charge is 0.366 e. The van der Waals surface area contributed by atoms with E-state index in [-0.39, 0.29) is 5.91 Å². The molecule has 2 heterocycles. The number of anilines is 3. The van der Waals surface area contributed by atoms with E-state index in [0.717, 1.165) is 16.6 Å². The molecule has 31 heavy (non-hydrogen) atoms. The molecule has 4 N–H and O–H groups in total. The average Bonchev–Trinajstić information content (AvgIpc) is 3.23. The topological polar surface area (TPSA) is 110 Å². The number of thioether (sulfide) groups is 1. The molecule has 2 aromatic heterocycles. The minimum Gasteiger partial charge on any atom is -0.366 e. The molecule has 156 valence electrons. The summed E-state index contributed by atoms with van der Waals surface area (Å²) in [5, 5.41) is 9.12. The number of nitrogens with two attached hydrogens (primary N) is 1. The van der Waals surface area contributed by atoms with E-state index < -0.39 is 11.2 Å². The molecular formula is C22H19N5O2S2. The van der Waals surface area contributed by atoms with Gasteiger partial charge >= 0.3 is 0 Å². The van der Waals surface area contributed by atoms with Gasteiger partial charge in [0.1, 0.15) is 10.8 Å². The molecule has 0 saturated carbocycles. The highest BCUT2D eigenvalue weighted by Crippen LogP contribution is 2.30. The van der Waals surface area contributed by atoms with Crippen molar-refractivity contribution in [1.29, 1.82) is 0 Å². The Bertz CT molecular complexity index is 1240. The number of hydrogen-bond donors (Lipinski definition) is 3. The Morgan fingerprint density at radius 1 is 1.03 bits per heavy atom. The number of primary amides is 1. The van der Waals surface area contributed by atoms with E-state index in [1.165, 1.54) is 23.1 Å². The van der Waals surface area contributed by atoms with Gasteiger partial charge in [0.15, 0.2) is 5.16 Å². The number of carbonyl (C=O) groups excluding carboxylic acids is 2. The number of para-hydroxylation sites is 2. The number of fused-ring (bicyclic) bond motifs is 1. The smallest absolute Gasteiger partial charge is 0.251 e. The van der Waals surface area contributed by atoms with Crippen LogP contribution in [0.4, 0.5) is 16.5 Å². The van der Waals surface area contributed by atoms with Crippen LogP contribution in [-0.2, 0) is 4.79 Å². The molecule has 2 amide bonds. The molecule has 0 aliphatic heterocycles. The van der Waals surface area contributed by atoms with Gasteiger partial charge in [0.05, 0.1) is 16.3 Å². The number of carbonyl (C=O) groups is 2. The molecule has 1 atom stereocenters. The van der Waals surface area contributed by atoms with Gasteiger partial charge in [0, 0.05) is 11.1 Å². The quantitative estimate of drug-likeness (QED) is 0.280. The van der Waals surface area contributed by atoms with Crippen molar-refractivity contribution < 1.29 is 9.59 Å². The summed E-state index contributed by atoms with van der Waals surface area (Å²) in [6.45, 7) is 1.76. The van der Waals surface area contributed by atoms with E-state index in [1.807, 2.05) is 54.6 Å². The Morgan fingerprint density at radius 3 is 2.55 bits per heavy atom. The van der Waals surface area contributed by atoms with Crippen LogP contribution in [-0.4, -0.2) is 27.0 Å². The lowest BCUT2D eigenvalue weighted by Crippen LogP contribution is -2.24. The Hall–Kier alpha value is -3.43. The first-order valence-corrected chi connectivity index (χ1v) is 11.2. The van der Waals surface area contributed by atoms with Crippen LogP contribution in [0.2, 0.25) is 0 Å². The van der Waals surface area contributed by atoms with E-state index in [1.54, 1.807) is 18.4 Å². The maximum absolute atomic E-state index is 12.7. The summed E-state index contributed by atoms with van der Waals surface area (Å²) in [6.07, 6.45) is 0. The molecule has 0 spiro atoms. The Labute approximate surface area is 187 Å². The summed E-state index contributed by atoms with van der Waals surface area (Å²) in [7, 11) is 0. The highest BCUT2D eigenvalue weighted by molar-refractivity contribution is 8.00. The summed E-state index contributed by atoms with van der Waals surface area (Å²) in [5.41, 5.74) is 7.33. The molecule has 0 radical (unpaired) electrons. The van der Waals surface area contributed by atoms with Crippen molar-refractivity contribution >= 4 is 62.3 Å². The zero-order valence-corrected chi connectivity index (χ0v) is 18.2. The highest BCUT2D eigenvalue weighted by atomic mass is 32.2. The minimum absolute atomic E-state index is 0.260. The fourth-order valence-electron chi connectivity index (χ4n) is 2.89. The SMILES string of the molecule is C[C@@H](Sc1nc(Nc2ccccc2)c2ccccc2n1)C(=O)Nc1sccc1C(N)=O. The fraction of sp³-hybridized carbons (Fsp3) is 0.0909. The van der Waals surface area contributed by atoms with E-state index in [9.17, 15) is 9.59 Å². The summed E-state index contributed by atoms with van der Waals surface area (Å²) in [5.74, 6) is -0.170. The van der Waals surface area contributed by atoms with Crippen molar-refractivity contribution in [2.24, 2.45) is 5.73 Å². The maximum atomic E-state index is 12.7. The van der Waals surface area contributed by atoms with Gasteiger partial charge < -0.3 is 16.4 Å². The van der Waals surface area contributed by atoms with Crippen molar-refractivity contribution in [2.45, 2.75) is 17.3 Å². The molecule has 2 aromatic carbocycles. The Balaban J connectivity index is 1.57. The van der Waals surface area contributed by atoms with E-state index in [4.69, 9.17) is 5.73 Å². The van der Waals surface area contributed by atoms with Gasteiger partial charge in [-0.3, -0.25) is 9.59 Å². The number of nitrogens with one attached hydrogen (secondary N) is 2. The Morgan fingerprint density at radius 2 is 1.77 bits per heavy atom. The molecular weight excluding hydrogens is 430 g/mol. The Kier molecular flexibility index (Phi) is 6.15. The lowest BCUT2D eigenvalue weighted by atomic mass is 10.2. The molecule has 0 bridgehead atoms. The molecule has 0 aliphatic carbocycles. The molecule has 0 aliphatic rings. The number of amides is 2. The van der Waals surface area contributed by atoms with Crippen molar-refractivity contribution in [3.63, 3.8) is 0 Å². The monoisotopic (exact) mass is 449 g/mol. The third-order valence-electron chi connectivity index (χ3n) is 4.44. The molecule has 0 unspecified atom stereocenters. The minimum atomic E-state index is -0.577. The molecule has 4 rings (SSSR count). The van der Waals surface area contributed by atoms with Gasteiger partial charge in [-0.2, -0.15) is 0 Å². The zero-order chi connectivity index (χ0) is 21.8. The maximum Gasteiger partial charge on any atom is 0.251 e. The van der Waals surface area contributed by atoms with Crippen molar-refractivity contribution in [2.75, 3.05) is 10.6 Å². The second-order valence-corrected chi connectivity index (χ2v) is 8.86. The van der Waals surface area contributed by atoms with Crippen LogP contribution < -0.4 is 16.4 Å². The number of hydrogen-bond acceptors (Lipinski definition) is 7. The van der Waals surface area contributed by atoms with Crippen LogP contribution in [0.1, 0.15) is 17.3 Å². The van der Waals surface area contributed by atoms with Crippen LogP contribution in [0.15, 0.2) is 71.2 Å². The molecule has 0 fully saturated rings. The van der Waals surface area contributed by atoms with Crippen LogP contribution >= 0.6 is 23.1 Å². The number of rotatable bonds is 7. The lowest BCUT2D eigenvalue weighted by molar-refractivity contribution is -0.115. The van der Waals surface area contributed by atoms with Crippen molar-refractivity contribution in [3.05, 3.63) is 71.6 Å². The van der Waals surface area contributed by atoms with Gasteiger partial charge in [0.2, 0.25) is 5.91 Å². The summed E-state index contributed by atoms with van der Waals surface area (Å²) >= 11 is 2.49. The number of thiophene rings is 1. The lowest BCUT2D eigenvalue weighted by Gasteiger charge is -2.13. The van der Waals surface area contributed by atoms with E-state index in [2.05, 4.69) is 20.6 Å². The second-order valence-electron chi connectivity index (χ2n) is 6.64. The van der Waals surface area contributed by atoms with Crippen molar-refractivity contribution in [1.82, 2.24) is 9.97 Å². The number of nitrogens with zero attached hydrogens (tertiary/aromatic N) is 2. The number of benzene rings is 2.